The van der Waals surface area contributed by atoms with Crippen LogP contribution in [0.15, 0.2) is 30.3 Å². The highest BCUT2D eigenvalue weighted by molar-refractivity contribution is 9.08. The van der Waals surface area contributed by atoms with Crippen LogP contribution in [0.5, 0.6) is 5.75 Å². The minimum atomic E-state index is -5.06. The van der Waals surface area contributed by atoms with Crippen LogP contribution in [0.1, 0.15) is 54.1 Å². The summed E-state index contributed by atoms with van der Waals surface area (Å²) in [7, 11) is 2.48. The fourth-order valence-electron chi connectivity index (χ4n) is 4.69. The standard InChI is InChI=1S/C26H27BrF6N2O5/c1-5-40-24(37)35-14(2)6-20(19-9-16(12-27)22(38-3)11-21(19)35)34(23(36)39-4)13-15-7-17(25(28,29)30)10-18(8-15)26(31,32)33/h7-11,14,20H,5-6,12-13H2,1-4H3/t14-,20+/m1/s1. The van der Waals surface area contributed by atoms with Crippen molar-refractivity contribution in [2.45, 2.75) is 56.6 Å². The maximum Gasteiger partial charge on any atom is 0.416 e. The molecule has 2 aromatic carbocycles. The molecule has 14 heteroatoms. The Morgan fingerprint density at radius 2 is 1.62 bits per heavy atom. The van der Waals surface area contributed by atoms with E-state index in [1.54, 1.807) is 26.0 Å². The Balaban J connectivity index is 2.20. The van der Waals surface area contributed by atoms with Crippen molar-refractivity contribution in [3.05, 3.63) is 58.1 Å². The number of nitrogens with zero attached hydrogens (tertiary/aromatic N) is 2. The zero-order valence-electron chi connectivity index (χ0n) is 22.0. The highest BCUT2D eigenvalue weighted by Crippen LogP contribution is 2.45. The van der Waals surface area contributed by atoms with E-state index in [-0.39, 0.29) is 19.1 Å². The van der Waals surface area contributed by atoms with Gasteiger partial charge >= 0.3 is 24.5 Å². The molecule has 2 aromatic rings. The molecule has 1 aliphatic rings. The minimum Gasteiger partial charge on any atom is -0.496 e. The lowest BCUT2D eigenvalue weighted by Gasteiger charge is -2.43. The lowest BCUT2D eigenvalue weighted by Crippen LogP contribution is -2.47. The number of fused-ring (bicyclic) bond motifs is 1. The summed E-state index contributed by atoms with van der Waals surface area (Å²) >= 11 is 3.36. The van der Waals surface area contributed by atoms with Crippen molar-refractivity contribution in [1.82, 2.24) is 4.90 Å². The molecule has 0 saturated heterocycles. The Morgan fingerprint density at radius 1 is 1.02 bits per heavy atom. The number of rotatable bonds is 6. The molecule has 0 fully saturated rings. The molecule has 0 aromatic heterocycles. The first-order valence-electron chi connectivity index (χ1n) is 12.0. The quantitative estimate of drug-likeness (QED) is 0.239. The third-order valence-electron chi connectivity index (χ3n) is 6.45. The topological polar surface area (TPSA) is 68.3 Å². The van der Waals surface area contributed by atoms with E-state index < -0.39 is 59.9 Å². The number of carbonyl (C=O) groups excluding carboxylic acids is 2. The summed E-state index contributed by atoms with van der Waals surface area (Å²) < 4.78 is 96.6. The van der Waals surface area contributed by atoms with Crippen molar-refractivity contribution in [2.75, 3.05) is 25.7 Å². The molecule has 2 atom stereocenters. The first-order valence-corrected chi connectivity index (χ1v) is 13.1. The summed E-state index contributed by atoms with van der Waals surface area (Å²) in [5, 5.41) is 0.311. The molecule has 0 saturated carbocycles. The zero-order valence-corrected chi connectivity index (χ0v) is 23.5. The smallest absolute Gasteiger partial charge is 0.416 e. The van der Waals surface area contributed by atoms with Gasteiger partial charge in [-0.1, -0.05) is 15.9 Å². The van der Waals surface area contributed by atoms with Crippen molar-refractivity contribution in [3.63, 3.8) is 0 Å². The zero-order chi connectivity index (χ0) is 30.0. The highest BCUT2D eigenvalue weighted by Gasteiger charge is 2.41. The molecule has 0 unspecified atom stereocenters. The van der Waals surface area contributed by atoms with Crippen LogP contribution in [0, 0.1) is 0 Å². The Morgan fingerprint density at radius 3 is 2.10 bits per heavy atom. The maximum atomic E-state index is 13.5. The fourth-order valence-corrected chi connectivity index (χ4v) is 5.13. The number of hydrogen-bond acceptors (Lipinski definition) is 5. The monoisotopic (exact) mass is 640 g/mol. The van der Waals surface area contributed by atoms with Crippen LogP contribution < -0.4 is 9.64 Å². The van der Waals surface area contributed by atoms with Crippen LogP contribution in [-0.4, -0.2) is 44.0 Å². The van der Waals surface area contributed by atoms with Gasteiger partial charge < -0.3 is 14.2 Å². The lowest BCUT2D eigenvalue weighted by atomic mass is 9.89. The SMILES string of the molecule is CCOC(=O)N1c2cc(OC)c(CBr)cc2[C@@H](N(Cc2cc(C(F)(F)F)cc(C(F)(F)F)c2)C(=O)OC)C[C@H]1C. The molecule has 0 radical (unpaired) electrons. The van der Waals surface area contributed by atoms with Crippen molar-refractivity contribution in [1.29, 1.82) is 0 Å². The molecule has 1 heterocycles. The van der Waals surface area contributed by atoms with E-state index in [0.29, 0.717) is 40.0 Å². The van der Waals surface area contributed by atoms with E-state index in [9.17, 15) is 35.9 Å². The summed E-state index contributed by atoms with van der Waals surface area (Å²) in [5.41, 5.74) is -2.04. The van der Waals surface area contributed by atoms with E-state index in [1.807, 2.05) is 0 Å². The second kappa shape index (κ2) is 12.1. The molecule has 0 bridgehead atoms. The molecule has 220 valence electrons. The van der Waals surface area contributed by atoms with E-state index in [0.717, 1.165) is 12.0 Å². The average molecular weight is 641 g/mol. The third-order valence-corrected chi connectivity index (χ3v) is 7.05. The third kappa shape index (κ3) is 6.58. The number of benzene rings is 2. The van der Waals surface area contributed by atoms with Gasteiger partial charge in [0.2, 0.25) is 0 Å². The van der Waals surface area contributed by atoms with E-state index in [4.69, 9.17) is 14.2 Å². The lowest BCUT2D eigenvalue weighted by molar-refractivity contribution is -0.143. The minimum absolute atomic E-state index is 0.0235. The van der Waals surface area contributed by atoms with Gasteiger partial charge in [0.15, 0.2) is 0 Å². The van der Waals surface area contributed by atoms with Crippen molar-refractivity contribution < 1.29 is 50.1 Å². The van der Waals surface area contributed by atoms with Gasteiger partial charge in [0.25, 0.3) is 0 Å². The molecular formula is C26H27BrF6N2O5. The number of anilines is 1. The van der Waals surface area contributed by atoms with Gasteiger partial charge in [0, 0.05) is 29.5 Å². The Labute approximate surface area is 235 Å². The summed E-state index contributed by atoms with van der Waals surface area (Å²) in [6, 6.07) is 2.92. The van der Waals surface area contributed by atoms with E-state index >= 15 is 0 Å². The second-order valence-corrected chi connectivity index (χ2v) is 9.60. The van der Waals surface area contributed by atoms with Gasteiger partial charge in [-0.15, -0.1) is 0 Å². The average Bonchev–Trinajstić information content (AvgIpc) is 2.89. The molecule has 1 aliphatic heterocycles. The van der Waals surface area contributed by atoms with E-state index in [1.165, 1.54) is 12.0 Å². The summed E-state index contributed by atoms with van der Waals surface area (Å²) in [6.45, 7) is 2.77. The maximum absolute atomic E-state index is 13.5. The number of amides is 2. The van der Waals surface area contributed by atoms with Crippen LogP contribution in [0.2, 0.25) is 0 Å². The van der Waals surface area contributed by atoms with Crippen molar-refractivity contribution in [2.24, 2.45) is 0 Å². The van der Waals surface area contributed by atoms with Gasteiger partial charge in [-0.3, -0.25) is 9.80 Å². The van der Waals surface area contributed by atoms with Gasteiger partial charge in [-0.05, 0) is 55.7 Å². The fraction of sp³-hybridized carbons (Fsp3) is 0.462. The number of ether oxygens (including phenoxy) is 3. The number of halogens is 7. The number of carbonyl (C=O) groups is 2. The van der Waals surface area contributed by atoms with Crippen molar-refractivity contribution >= 4 is 33.8 Å². The Kier molecular flexibility index (Phi) is 9.53. The predicted octanol–water partition coefficient (Wildman–Crippen LogP) is 7.69. The Bertz CT molecular complexity index is 1220. The van der Waals surface area contributed by atoms with E-state index in [2.05, 4.69) is 15.9 Å². The van der Waals surface area contributed by atoms with Gasteiger partial charge in [0.1, 0.15) is 5.75 Å². The van der Waals surface area contributed by atoms with Crippen LogP contribution >= 0.6 is 15.9 Å². The molecular weight excluding hydrogens is 614 g/mol. The Hall–Kier alpha value is -3.16. The molecule has 0 spiro atoms. The molecule has 2 amide bonds. The van der Waals surface area contributed by atoms with Crippen molar-refractivity contribution in [3.8, 4) is 5.75 Å². The molecule has 3 rings (SSSR count). The number of alkyl halides is 7. The summed E-state index contributed by atoms with van der Waals surface area (Å²) in [6.07, 6.45) is -11.7. The molecule has 0 N–H and O–H groups in total. The number of methoxy groups -OCH3 is 2. The molecule has 7 nitrogen and oxygen atoms in total. The van der Waals surface area contributed by atoms with Gasteiger partial charge in [-0.2, -0.15) is 26.3 Å². The van der Waals surface area contributed by atoms with Crippen LogP contribution in [0.4, 0.5) is 41.6 Å². The van der Waals surface area contributed by atoms with Crippen LogP contribution in [0.3, 0.4) is 0 Å². The van der Waals surface area contributed by atoms with Gasteiger partial charge in [0.05, 0.1) is 43.7 Å². The first-order chi connectivity index (χ1) is 18.7. The largest absolute Gasteiger partial charge is 0.496 e. The normalized spacial score (nSPS) is 17.2. The van der Waals surface area contributed by atoms with Crippen LogP contribution in [0.25, 0.3) is 0 Å². The molecule has 40 heavy (non-hydrogen) atoms. The summed E-state index contributed by atoms with van der Waals surface area (Å²) in [5.74, 6) is 0.412. The van der Waals surface area contributed by atoms with Crippen LogP contribution in [-0.2, 0) is 33.7 Å². The number of hydrogen-bond donors (Lipinski definition) is 0. The summed E-state index contributed by atoms with van der Waals surface area (Å²) in [4.78, 5) is 28.3. The molecule has 0 aliphatic carbocycles. The predicted molar refractivity (Wildman–Crippen MR) is 136 cm³/mol. The second-order valence-electron chi connectivity index (χ2n) is 9.04. The first kappa shape index (κ1) is 31.4. The highest BCUT2D eigenvalue weighted by atomic mass is 79.9. The van der Waals surface area contributed by atoms with Gasteiger partial charge in [-0.25, -0.2) is 9.59 Å².